The largest absolute Gasteiger partial charge is 0.496 e. The van der Waals surface area contributed by atoms with Crippen molar-refractivity contribution in [2.45, 2.75) is 139 Å². The number of fused-ring (bicyclic) bond motifs is 5. The minimum absolute atomic E-state index is 0.0303. The van der Waals surface area contributed by atoms with E-state index >= 15 is 0 Å². The average molecular weight is 737 g/mol. The quantitative estimate of drug-likeness (QED) is 0.146. The van der Waals surface area contributed by atoms with Gasteiger partial charge in [-0.3, -0.25) is 9.59 Å². The summed E-state index contributed by atoms with van der Waals surface area (Å²) in [5.41, 5.74) is 2.41. The lowest BCUT2D eigenvalue weighted by Crippen LogP contribution is -2.65. The molecule has 0 heterocycles. The van der Waals surface area contributed by atoms with E-state index in [0.29, 0.717) is 42.7 Å². The van der Waals surface area contributed by atoms with Gasteiger partial charge in [-0.05, 0) is 143 Å². The molecule has 0 aromatic heterocycles. The van der Waals surface area contributed by atoms with Crippen LogP contribution in [0.3, 0.4) is 0 Å². The highest BCUT2D eigenvalue weighted by Crippen LogP contribution is 2.74. The lowest BCUT2D eigenvalue weighted by atomic mass is 9.36. The molecule has 0 bridgehead atoms. The van der Waals surface area contributed by atoms with Crippen LogP contribution in [0.25, 0.3) is 5.57 Å². The van der Waals surface area contributed by atoms with E-state index in [2.05, 4.69) is 27.7 Å². The number of rotatable bonds is 9. The van der Waals surface area contributed by atoms with Gasteiger partial charge in [-0.2, -0.15) is 0 Å². The molecule has 4 aliphatic rings. The molecule has 9 nitrogen and oxygen atoms in total. The molecule has 4 aliphatic carbocycles. The molecule has 0 saturated heterocycles. The Bertz CT molecular complexity index is 1630. The van der Waals surface area contributed by atoms with Gasteiger partial charge in [-0.15, -0.1) is 0 Å². The Kier molecular flexibility index (Phi) is 11.7. The molecular weight excluding hydrogens is 672 g/mol. The summed E-state index contributed by atoms with van der Waals surface area (Å²) in [4.78, 5) is 39.9. The number of carbonyl (C=O) groups excluding carboxylic acids is 3. The fraction of sp³-hybridized carbons (Fsp3) is 0.705. The first-order valence-electron chi connectivity index (χ1n) is 19.6. The Morgan fingerprint density at radius 3 is 2.21 bits per heavy atom. The first kappa shape index (κ1) is 41.0. The highest BCUT2D eigenvalue weighted by atomic mass is 16.7. The van der Waals surface area contributed by atoms with Crippen LogP contribution in [0.5, 0.6) is 5.75 Å². The van der Waals surface area contributed by atoms with Crippen molar-refractivity contribution in [2.75, 3.05) is 13.9 Å². The third-order valence-electron chi connectivity index (χ3n) is 14.3. The number of esters is 3. The Morgan fingerprint density at radius 1 is 0.906 bits per heavy atom. The van der Waals surface area contributed by atoms with Crippen LogP contribution in [0.15, 0.2) is 41.0 Å². The zero-order chi connectivity index (χ0) is 39.3. The summed E-state index contributed by atoms with van der Waals surface area (Å²) in [7, 11) is 1.64. The summed E-state index contributed by atoms with van der Waals surface area (Å²) in [5.74, 6) is -0.685. The van der Waals surface area contributed by atoms with Gasteiger partial charge in [0.15, 0.2) is 0 Å². The maximum atomic E-state index is 14.4. The van der Waals surface area contributed by atoms with Crippen molar-refractivity contribution < 1.29 is 43.5 Å². The smallest absolute Gasteiger partial charge is 0.336 e. The molecular formula is C44H64O9. The fourth-order valence-corrected chi connectivity index (χ4v) is 11.5. The molecule has 4 saturated carbocycles. The second kappa shape index (κ2) is 15.2. The molecule has 53 heavy (non-hydrogen) atoms. The molecule has 0 radical (unpaired) electrons. The summed E-state index contributed by atoms with van der Waals surface area (Å²) >= 11 is 0. The van der Waals surface area contributed by atoms with Gasteiger partial charge in [0.1, 0.15) is 11.9 Å². The Balaban J connectivity index is 1.61. The zero-order valence-electron chi connectivity index (χ0n) is 34.0. The Morgan fingerprint density at radius 2 is 1.58 bits per heavy atom. The van der Waals surface area contributed by atoms with E-state index in [0.717, 1.165) is 41.7 Å². The number of carbonyl (C=O) groups is 3. The Labute approximate surface area is 316 Å². The lowest BCUT2D eigenvalue weighted by molar-refractivity contribution is -0.234. The van der Waals surface area contributed by atoms with Crippen LogP contribution < -0.4 is 4.74 Å². The lowest BCUT2D eigenvalue weighted by Gasteiger charge is -2.69. The number of ether oxygens (including phenoxy) is 4. The highest BCUT2D eigenvalue weighted by Gasteiger charge is 2.71. The van der Waals surface area contributed by atoms with Gasteiger partial charge < -0.3 is 29.2 Å². The number of aliphatic hydroxyl groups excluding tert-OH is 2. The van der Waals surface area contributed by atoms with Crippen molar-refractivity contribution in [3.63, 3.8) is 0 Å². The third-order valence-corrected chi connectivity index (χ3v) is 14.3. The van der Waals surface area contributed by atoms with Crippen molar-refractivity contribution >= 4 is 23.5 Å². The number of para-hydroxylation sites is 1. The monoisotopic (exact) mass is 736 g/mol. The van der Waals surface area contributed by atoms with Gasteiger partial charge in [0.2, 0.25) is 6.79 Å². The van der Waals surface area contributed by atoms with Crippen LogP contribution in [0.2, 0.25) is 0 Å². The molecule has 10 atom stereocenters. The summed E-state index contributed by atoms with van der Waals surface area (Å²) in [5, 5.41) is 23.3. The maximum Gasteiger partial charge on any atom is 0.336 e. The van der Waals surface area contributed by atoms with Crippen LogP contribution in [0.4, 0.5) is 0 Å². The molecule has 1 aromatic rings. The average Bonchev–Trinajstić information content (AvgIpc) is 3.35. The zero-order valence-corrected chi connectivity index (χ0v) is 34.0. The van der Waals surface area contributed by atoms with Gasteiger partial charge in [0, 0.05) is 18.1 Å². The second-order valence-electron chi connectivity index (χ2n) is 18.4. The van der Waals surface area contributed by atoms with Gasteiger partial charge in [-0.1, -0.05) is 51.5 Å². The minimum Gasteiger partial charge on any atom is -0.496 e. The first-order chi connectivity index (χ1) is 24.7. The predicted octanol–water partition coefficient (Wildman–Crippen LogP) is 8.21. The molecule has 5 rings (SSSR count). The Hall–Kier alpha value is -3.17. The number of allylic oxidation sites excluding steroid dienone is 2. The standard InChI is InChI=1S/C44H64O9/c1-25(2)28(29-14-12-13-15-35(29)50-11)16-17-30(39(48)51-24-52-40(49)41(5,6)7)37-32-22-34(47)38-42(8)20-19-33(46)26(3)31(42)18-21-43(38,9)44(32,10)23-36(37)53-27(4)45/h12-15,26,31-34,36,38,46-47H,16-24H2,1-11H3/t26-,31?,32+,33+,34+,36-,38+,42-,43-,44-/m0/s1. The molecule has 4 fully saturated rings. The van der Waals surface area contributed by atoms with E-state index in [1.807, 2.05) is 38.1 Å². The summed E-state index contributed by atoms with van der Waals surface area (Å²) in [6.07, 6.45) is 3.34. The van der Waals surface area contributed by atoms with E-state index in [1.165, 1.54) is 6.92 Å². The number of hydrogen-bond acceptors (Lipinski definition) is 9. The SMILES string of the molecule is COc1ccccc1C(CCC(C(=O)OCOC(=O)C(C)(C)C)=C1[C@@H](OC(C)=O)C[C@@]2(C)[C@@H]1C[C@@H](O)[C@@H]1[C@@]3(C)CC[C@@H](O)[C@@H](C)C3CC[C@@]12C)=C(C)C. The molecule has 1 unspecified atom stereocenters. The van der Waals surface area contributed by atoms with E-state index in [4.69, 9.17) is 18.9 Å². The predicted molar refractivity (Wildman–Crippen MR) is 203 cm³/mol. The van der Waals surface area contributed by atoms with Gasteiger partial charge in [0.25, 0.3) is 0 Å². The first-order valence-corrected chi connectivity index (χ1v) is 19.6. The highest BCUT2D eigenvalue weighted by molar-refractivity contribution is 5.90. The van der Waals surface area contributed by atoms with E-state index in [-0.39, 0.29) is 41.1 Å². The van der Waals surface area contributed by atoms with E-state index in [9.17, 15) is 24.6 Å². The fourth-order valence-electron chi connectivity index (χ4n) is 11.5. The van der Waals surface area contributed by atoms with Crippen LogP contribution in [-0.2, 0) is 28.6 Å². The maximum absolute atomic E-state index is 14.4. The molecule has 294 valence electrons. The number of hydrogen-bond donors (Lipinski definition) is 2. The molecule has 9 heteroatoms. The van der Waals surface area contributed by atoms with Crippen LogP contribution in [-0.4, -0.2) is 60.3 Å². The molecule has 1 aromatic carbocycles. The summed E-state index contributed by atoms with van der Waals surface area (Å²) in [6.45, 7) is 19.2. The third kappa shape index (κ3) is 7.33. The van der Waals surface area contributed by atoms with E-state index < -0.39 is 47.7 Å². The van der Waals surface area contributed by atoms with Crippen molar-refractivity contribution in [3.05, 3.63) is 46.5 Å². The van der Waals surface area contributed by atoms with Gasteiger partial charge >= 0.3 is 17.9 Å². The van der Waals surface area contributed by atoms with Crippen molar-refractivity contribution in [3.8, 4) is 5.75 Å². The van der Waals surface area contributed by atoms with Crippen LogP contribution >= 0.6 is 0 Å². The number of aliphatic hydroxyl groups is 2. The number of benzene rings is 1. The van der Waals surface area contributed by atoms with Gasteiger partial charge in [0.05, 0.1) is 24.7 Å². The van der Waals surface area contributed by atoms with Crippen LogP contribution in [0, 0.1) is 45.3 Å². The van der Waals surface area contributed by atoms with Crippen molar-refractivity contribution in [1.29, 1.82) is 0 Å². The van der Waals surface area contributed by atoms with Gasteiger partial charge in [-0.25, -0.2) is 4.79 Å². The minimum atomic E-state index is -0.775. The molecule has 0 amide bonds. The molecule has 0 aliphatic heterocycles. The molecule has 0 spiro atoms. The summed E-state index contributed by atoms with van der Waals surface area (Å²) in [6, 6.07) is 7.80. The van der Waals surface area contributed by atoms with Crippen molar-refractivity contribution in [1.82, 2.24) is 0 Å². The summed E-state index contributed by atoms with van der Waals surface area (Å²) < 4.78 is 23.0. The second-order valence-corrected chi connectivity index (χ2v) is 18.4. The normalized spacial score (nSPS) is 35.9. The van der Waals surface area contributed by atoms with Crippen LogP contribution in [0.1, 0.15) is 126 Å². The topological polar surface area (TPSA) is 129 Å². The number of methoxy groups -OCH3 is 1. The molecule has 2 N–H and O–H groups in total. The van der Waals surface area contributed by atoms with Crippen molar-refractivity contribution in [2.24, 2.45) is 45.3 Å². The van der Waals surface area contributed by atoms with E-state index in [1.54, 1.807) is 27.9 Å².